The Kier molecular flexibility index (Phi) is 4.80. The highest BCUT2D eigenvalue weighted by Gasteiger charge is 2.14. The Morgan fingerprint density at radius 2 is 1.75 bits per heavy atom. The summed E-state index contributed by atoms with van der Waals surface area (Å²) in [6.45, 7) is 5.21. The first-order chi connectivity index (χ1) is 9.61. The van der Waals surface area contributed by atoms with Crippen molar-refractivity contribution in [2.75, 3.05) is 18.0 Å². The maximum absolute atomic E-state index is 12.3. The lowest BCUT2D eigenvalue weighted by Crippen LogP contribution is -2.29. The van der Waals surface area contributed by atoms with Crippen molar-refractivity contribution >= 4 is 23.1 Å². The topological polar surface area (TPSA) is 20.3 Å². The zero-order valence-electron chi connectivity index (χ0n) is 11.8. The Hall–Kier alpha value is -1.80. The molecule has 0 saturated heterocycles. The molecule has 2 nitrogen and oxygen atoms in total. The third-order valence-electron chi connectivity index (χ3n) is 3.29. The zero-order valence-corrected chi connectivity index (χ0v) is 12.5. The quantitative estimate of drug-likeness (QED) is 0.762. The van der Waals surface area contributed by atoms with Gasteiger partial charge in [0.1, 0.15) is 0 Å². The van der Waals surface area contributed by atoms with Crippen molar-refractivity contribution in [3.63, 3.8) is 0 Å². The Morgan fingerprint density at radius 1 is 1.10 bits per heavy atom. The largest absolute Gasteiger partial charge is 0.364 e. The molecule has 0 heterocycles. The van der Waals surface area contributed by atoms with Crippen molar-refractivity contribution in [1.82, 2.24) is 0 Å². The second-order valence-electron chi connectivity index (χ2n) is 4.75. The molecule has 2 rings (SSSR count). The maximum Gasteiger partial charge on any atom is 0.183 e. The molecule has 0 unspecified atom stereocenters. The third-order valence-corrected chi connectivity index (χ3v) is 3.62. The fraction of sp³-hybridized carbons (Fsp3) is 0.235. The summed E-state index contributed by atoms with van der Waals surface area (Å²) in [5, 5.41) is 0.512. The Morgan fingerprint density at radius 3 is 2.35 bits per heavy atom. The van der Waals surface area contributed by atoms with Crippen molar-refractivity contribution in [1.29, 1.82) is 0 Å². The molecule has 0 aliphatic carbocycles. The summed E-state index contributed by atoms with van der Waals surface area (Å²) in [5.41, 5.74) is 2.85. The van der Waals surface area contributed by atoms with Crippen LogP contribution in [0.5, 0.6) is 0 Å². The number of hydrogen-bond donors (Lipinski definition) is 0. The normalized spacial score (nSPS) is 10.3. The molecule has 2 aromatic rings. The molecule has 0 saturated carbocycles. The van der Waals surface area contributed by atoms with Crippen LogP contribution >= 0.6 is 11.6 Å². The van der Waals surface area contributed by atoms with Crippen LogP contribution in [0.1, 0.15) is 22.8 Å². The van der Waals surface area contributed by atoms with Gasteiger partial charge < -0.3 is 4.90 Å². The summed E-state index contributed by atoms with van der Waals surface area (Å²) < 4.78 is 0. The first kappa shape index (κ1) is 14.6. The van der Waals surface area contributed by atoms with Gasteiger partial charge in [-0.25, -0.2) is 0 Å². The molecule has 20 heavy (non-hydrogen) atoms. The summed E-state index contributed by atoms with van der Waals surface area (Å²) in [4.78, 5) is 14.4. The second-order valence-corrected chi connectivity index (χ2v) is 5.16. The predicted molar refractivity (Wildman–Crippen MR) is 84.8 cm³/mol. The summed E-state index contributed by atoms with van der Waals surface area (Å²) >= 11 is 6.07. The standard InChI is InChI=1S/C17H18ClNO/c1-3-19(14-10-8-13(2)9-11-14)12-17(20)15-6-4-5-7-16(15)18/h4-11H,3,12H2,1-2H3. The van der Waals surface area contributed by atoms with E-state index in [0.29, 0.717) is 17.1 Å². The van der Waals surface area contributed by atoms with Crippen LogP contribution in [-0.2, 0) is 0 Å². The third kappa shape index (κ3) is 3.40. The first-order valence-electron chi connectivity index (χ1n) is 6.71. The van der Waals surface area contributed by atoms with E-state index < -0.39 is 0 Å². The number of likely N-dealkylation sites (N-methyl/N-ethyl adjacent to an activating group) is 1. The van der Waals surface area contributed by atoms with Gasteiger partial charge in [-0.2, -0.15) is 0 Å². The molecule has 0 bridgehead atoms. The number of nitrogens with zero attached hydrogens (tertiary/aromatic N) is 1. The van der Waals surface area contributed by atoms with Gasteiger partial charge in [-0.3, -0.25) is 4.79 Å². The highest BCUT2D eigenvalue weighted by molar-refractivity contribution is 6.34. The number of carbonyl (C=O) groups excluding carboxylic acids is 1. The minimum atomic E-state index is 0.0398. The van der Waals surface area contributed by atoms with Crippen LogP contribution in [0.15, 0.2) is 48.5 Å². The molecule has 3 heteroatoms. The second kappa shape index (κ2) is 6.58. The molecule has 0 amide bonds. The first-order valence-corrected chi connectivity index (χ1v) is 7.09. The Labute approximate surface area is 125 Å². The summed E-state index contributed by atoms with van der Waals surface area (Å²) in [5.74, 6) is 0.0398. The lowest BCUT2D eigenvalue weighted by molar-refractivity contribution is 0.0999. The number of rotatable bonds is 5. The van der Waals surface area contributed by atoms with Crippen LogP contribution in [0.4, 0.5) is 5.69 Å². The van der Waals surface area contributed by atoms with Gasteiger partial charge in [0.25, 0.3) is 0 Å². The number of carbonyl (C=O) groups is 1. The molecule has 0 radical (unpaired) electrons. The molecule has 0 N–H and O–H groups in total. The van der Waals surface area contributed by atoms with Crippen LogP contribution < -0.4 is 4.90 Å². The van der Waals surface area contributed by atoms with E-state index in [1.165, 1.54) is 5.56 Å². The van der Waals surface area contributed by atoms with Crippen molar-refractivity contribution in [3.8, 4) is 0 Å². The lowest BCUT2D eigenvalue weighted by atomic mass is 10.1. The smallest absolute Gasteiger partial charge is 0.183 e. The highest BCUT2D eigenvalue weighted by atomic mass is 35.5. The lowest BCUT2D eigenvalue weighted by Gasteiger charge is -2.22. The van der Waals surface area contributed by atoms with Crippen LogP contribution in [0, 0.1) is 6.92 Å². The Balaban J connectivity index is 2.16. The zero-order chi connectivity index (χ0) is 14.5. The molecule has 0 aliphatic heterocycles. The molecule has 0 atom stereocenters. The molecule has 0 aliphatic rings. The van der Waals surface area contributed by atoms with E-state index in [1.807, 2.05) is 36.1 Å². The molecular weight excluding hydrogens is 270 g/mol. The minimum Gasteiger partial charge on any atom is -0.364 e. The van der Waals surface area contributed by atoms with E-state index in [9.17, 15) is 4.79 Å². The molecule has 0 aromatic heterocycles. The van der Waals surface area contributed by atoms with Crippen molar-refractivity contribution < 1.29 is 4.79 Å². The number of benzene rings is 2. The fourth-order valence-electron chi connectivity index (χ4n) is 2.09. The summed E-state index contributed by atoms with van der Waals surface area (Å²) in [7, 11) is 0. The Bertz CT molecular complexity index is 592. The predicted octanol–water partition coefficient (Wildman–Crippen LogP) is 4.36. The highest BCUT2D eigenvalue weighted by Crippen LogP contribution is 2.19. The van der Waals surface area contributed by atoms with E-state index in [-0.39, 0.29) is 5.78 Å². The number of Topliss-reactive ketones (excluding diaryl/α,β-unsaturated/α-hetero) is 1. The van der Waals surface area contributed by atoms with E-state index in [4.69, 9.17) is 11.6 Å². The monoisotopic (exact) mass is 287 g/mol. The minimum absolute atomic E-state index is 0.0398. The molecule has 104 valence electrons. The van der Waals surface area contributed by atoms with Gasteiger partial charge in [-0.05, 0) is 38.1 Å². The summed E-state index contributed by atoms with van der Waals surface area (Å²) in [6, 6.07) is 15.4. The van der Waals surface area contributed by atoms with E-state index in [0.717, 1.165) is 12.2 Å². The van der Waals surface area contributed by atoms with Crippen molar-refractivity contribution in [2.45, 2.75) is 13.8 Å². The number of ketones is 1. The van der Waals surface area contributed by atoms with Crippen LogP contribution in [0.2, 0.25) is 5.02 Å². The number of anilines is 1. The average molecular weight is 288 g/mol. The average Bonchev–Trinajstić information content (AvgIpc) is 2.46. The van der Waals surface area contributed by atoms with Gasteiger partial charge in [0.2, 0.25) is 0 Å². The van der Waals surface area contributed by atoms with Gasteiger partial charge >= 0.3 is 0 Å². The molecule has 0 fully saturated rings. The van der Waals surface area contributed by atoms with Crippen molar-refractivity contribution in [3.05, 3.63) is 64.7 Å². The van der Waals surface area contributed by atoms with Gasteiger partial charge in [0, 0.05) is 17.8 Å². The van der Waals surface area contributed by atoms with Crippen LogP contribution in [0.25, 0.3) is 0 Å². The van der Waals surface area contributed by atoms with Gasteiger partial charge in [-0.15, -0.1) is 0 Å². The van der Waals surface area contributed by atoms with Gasteiger partial charge in [0.15, 0.2) is 5.78 Å². The maximum atomic E-state index is 12.3. The molecule has 2 aromatic carbocycles. The summed E-state index contributed by atoms with van der Waals surface area (Å²) in [6.07, 6.45) is 0. The van der Waals surface area contributed by atoms with Gasteiger partial charge in [0.05, 0.1) is 11.6 Å². The number of aryl methyl sites for hydroxylation is 1. The molecule has 0 spiro atoms. The fourth-order valence-corrected chi connectivity index (χ4v) is 2.33. The van der Waals surface area contributed by atoms with Crippen LogP contribution in [-0.4, -0.2) is 18.9 Å². The van der Waals surface area contributed by atoms with Crippen molar-refractivity contribution in [2.24, 2.45) is 0 Å². The SMILES string of the molecule is CCN(CC(=O)c1ccccc1Cl)c1ccc(C)cc1. The van der Waals surface area contributed by atoms with Crippen LogP contribution in [0.3, 0.4) is 0 Å². The molecular formula is C17H18ClNO. The van der Waals surface area contributed by atoms with Gasteiger partial charge in [-0.1, -0.05) is 41.4 Å². The van der Waals surface area contributed by atoms with E-state index >= 15 is 0 Å². The number of halogens is 1. The van der Waals surface area contributed by atoms with E-state index in [1.54, 1.807) is 12.1 Å². The number of hydrogen-bond acceptors (Lipinski definition) is 2. The van der Waals surface area contributed by atoms with E-state index in [2.05, 4.69) is 19.1 Å².